The first-order valence-electron chi connectivity index (χ1n) is 5.71. The third kappa shape index (κ3) is 2.95. The van der Waals surface area contributed by atoms with E-state index in [1.54, 1.807) is 24.3 Å². The molecule has 102 valence electrons. The van der Waals surface area contributed by atoms with Crippen LogP contribution in [0.15, 0.2) is 42.5 Å². The highest BCUT2D eigenvalue weighted by atomic mass is 35.5. The third-order valence-electron chi connectivity index (χ3n) is 2.61. The van der Waals surface area contributed by atoms with Gasteiger partial charge < -0.3 is 4.74 Å². The van der Waals surface area contributed by atoms with Crippen molar-refractivity contribution in [2.75, 3.05) is 0 Å². The lowest BCUT2D eigenvalue weighted by Crippen LogP contribution is -1.97. The molecule has 0 amide bonds. The van der Waals surface area contributed by atoms with Crippen LogP contribution in [-0.2, 0) is 0 Å². The normalized spacial score (nSPS) is 10.1. The Labute approximate surface area is 119 Å². The van der Waals surface area contributed by atoms with Gasteiger partial charge in [-0.1, -0.05) is 23.7 Å². The number of non-ortho nitro benzene ring substituents is 1. The molecule has 0 unspecified atom stereocenters. The van der Waals surface area contributed by atoms with Crippen LogP contribution in [-0.4, -0.2) is 10.7 Å². The molecule has 0 aliphatic carbocycles. The summed E-state index contributed by atoms with van der Waals surface area (Å²) in [4.78, 5) is 21.7. The summed E-state index contributed by atoms with van der Waals surface area (Å²) in [6, 6.07) is 10.5. The number of Topliss-reactive ketones (excluding diaryl/α,β-unsaturated/α-hetero) is 1. The first-order chi connectivity index (χ1) is 9.49. The van der Waals surface area contributed by atoms with Crippen molar-refractivity contribution in [3.63, 3.8) is 0 Å². The van der Waals surface area contributed by atoms with Crippen LogP contribution < -0.4 is 4.74 Å². The molecule has 0 spiro atoms. The van der Waals surface area contributed by atoms with Crippen molar-refractivity contribution in [3.05, 3.63) is 63.2 Å². The van der Waals surface area contributed by atoms with Gasteiger partial charge in [-0.25, -0.2) is 0 Å². The minimum atomic E-state index is -0.542. The van der Waals surface area contributed by atoms with Gasteiger partial charge in [0.05, 0.1) is 21.6 Å². The zero-order chi connectivity index (χ0) is 14.7. The first kappa shape index (κ1) is 14.0. The SMILES string of the molecule is CC(=O)c1ccccc1Oc1cc([N+](=O)[O-])ccc1Cl. The van der Waals surface area contributed by atoms with Crippen molar-refractivity contribution < 1.29 is 14.5 Å². The van der Waals surface area contributed by atoms with Crippen LogP contribution in [0.4, 0.5) is 5.69 Å². The molecule has 0 N–H and O–H groups in total. The highest BCUT2D eigenvalue weighted by Crippen LogP contribution is 2.34. The van der Waals surface area contributed by atoms with E-state index in [0.29, 0.717) is 11.3 Å². The van der Waals surface area contributed by atoms with Crippen molar-refractivity contribution in [2.45, 2.75) is 6.92 Å². The molecule has 0 bridgehead atoms. The summed E-state index contributed by atoms with van der Waals surface area (Å²) in [5.74, 6) is 0.277. The monoisotopic (exact) mass is 291 g/mol. The Kier molecular flexibility index (Phi) is 4.00. The molecule has 5 nitrogen and oxygen atoms in total. The van der Waals surface area contributed by atoms with E-state index in [1.165, 1.54) is 25.1 Å². The van der Waals surface area contributed by atoms with Crippen molar-refractivity contribution in [1.29, 1.82) is 0 Å². The standard InChI is InChI=1S/C14H10ClNO4/c1-9(17)11-4-2-3-5-13(11)20-14-8-10(16(18)19)6-7-12(14)15/h2-8H,1H3. The summed E-state index contributed by atoms with van der Waals surface area (Å²) >= 11 is 5.95. The Balaban J connectivity index is 2.42. The van der Waals surface area contributed by atoms with Gasteiger partial charge in [-0.3, -0.25) is 14.9 Å². The van der Waals surface area contributed by atoms with E-state index in [0.717, 1.165) is 0 Å². The fourth-order valence-electron chi connectivity index (χ4n) is 1.65. The fraction of sp³-hybridized carbons (Fsp3) is 0.0714. The number of benzene rings is 2. The van der Waals surface area contributed by atoms with Gasteiger partial charge in [-0.2, -0.15) is 0 Å². The number of nitro groups is 1. The lowest BCUT2D eigenvalue weighted by Gasteiger charge is -2.10. The predicted molar refractivity (Wildman–Crippen MR) is 74.6 cm³/mol. The quantitative estimate of drug-likeness (QED) is 0.480. The average molecular weight is 292 g/mol. The second-order valence-electron chi connectivity index (χ2n) is 4.03. The van der Waals surface area contributed by atoms with Crippen molar-refractivity contribution in [3.8, 4) is 11.5 Å². The summed E-state index contributed by atoms with van der Waals surface area (Å²) in [6.07, 6.45) is 0. The second kappa shape index (κ2) is 5.71. The van der Waals surface area contributed by atoms with Gasteiger partial charge in [-0.05, 0) is 25.1 Å². The number of carbonyl (C=O) groups is 1. The van der Waals surface area contributed by atoms with Gasteiger partial charge in [-0.15, -0.1) is 0 Å². The van der Waals surface area contributed by atoms with Gasteiger partial charge in [0.1, 0.15) is 5.75 Å². The maximum Gasteiger partial charge on any atom is 0.273 e. The van der Waals surface area contributed by atoms with Crippen LogP contribution in [0.1, 0.15) is 17.3 Å². The Bertz CT molecular complexity index is 685. The number of halogens is 1. The lowest BCUT2D eigenvalue weighted by atomic mass is 10.1. The van der Waals surface area contributed by atoms with Gasteiger partial charge in [0.25, 0.3) is 5.69 Å². The Hall–Kier alpha value is -2.40. The Morgan fingerprint density at radius 2 is 1.90 bits per heavy atom. The molecule has 0 atom stereocenters. The number of rotatable bonds is 4. The molecule has 6 heteroatoms. The number of carbonyl (C=O) groups excluding carboxylic acids is 1. The smallest absolute Gasteiger partial charge is 0.273 e. The molecule has 0 radical (unpaired) electrons. The topological polar surface area (TPSA) is 69.4 Å². The average Bonchev–Trinajstić information content (AvgIpc) is 2.41. The predicted octanol–water partition coefficient (Wildman–Crippen LogP) is 4.24. The fourth-order valence-corrected chi connectivity index (χ4v) is 1.80. The summed E-state index contributed by atoms with van der Waals surface area (Å²) in [7, 11) is 0. The molecular weight excluding hydrogens is 282 g/mol. The van der Waals surface area contributed by atoms with E-state index >= 15 is 0 Å². The summed E-state index contributed by atoms with van der Waals surface area (Å²) < 4.78 is 5.54. The van der Waals surface area contributed by atoms with Crippen molar-refractivity contribution in [1.82, 2.24) is 0 Å². The molecule has 0 aliphatic rings. The summed E-state index contributed by atoms with van der Waals surface area (Å²) in [5.41, 5.74) is 0.250. The van der Waals surface area contributed by atoms with Gasteiger partial charge in [0.15, 0.2) is 11.5 Å². The number of ketones is 1. The maximum atomic E-state index is 11.5. The van der Waals surface area contributed by atoms with Gasteiger partial charge >= 0.3 is 0 Å². The third-order valence-corrected chi connectivity index (χ3v) is 2.92. The Morgan fingerprint density at radius 3 is 2.55 bits per heavy atom. The molecule has 0 fully saturated rings. The molecule has 2 aromatic rings. The summed E-state index contributed by atoms with van der Waals surface area (Å²) in [5, 5.41) is 11.0. The molecule has 0 saturated carbocycles. The highest BCUT2D eigenvalue weighted by Gasteiger charge is 2.14. The van der Waals surface area contributed by atoms with Gasteiger partial charge in [0.2, 0.25) is 0 Å². The largest absolute Gasteiger partial charge is 0.455 e. The molecule has 0 heterocycles. The van der Waals surface area contributed by atoms with E-state index in [9.17, 15) is 14.9 Å². The molecular formula is C14H10ClNO4. The van der Waals surface area contributed by atoms with E-state index in [2.05, 4.69) is 0 Å². The van der Waals surface area contributed by atoms with Crippen LogP contribution in [0.25, 0.3) is 0 Å². The number of para-hydroxylation sites is 1. The number of ether oxygens (including phenoxy) is 1. The Morgan fingerprint density at radius 1 is 1.20 bits per heavy atom. The van der Waals surface area contributed by atoms with E-state index < -0.39 is 4.92 Å². The number of hydrogen-bond donors (Lipinski definition) is 0. The van der Waals surface area contributed by atoms with Crippen LogP contribution in [0.2, 0.25) is 5.02 Å². The van der Waals surface area contributed by atoms with E-state index in [1.807, 2.05) is 0 Å². The van der Waals surface area contributed by atoms with Crippen LogP contribution in [0.5, 0.6) is 11.5 Å². The van der Waals surface area contributed by atoms with Crippen LogP contribution in [0.3, 0.4) is 0 Å². The minimum absolute atomic E-state index is 0.134. The minimum Gasteiger partial charge on any atom is -0.455 e. The molecule has 20 heavy (non-hydrogen) atoms. The molecule has 2 aromatic carbocycles. The zero-order valence-corrected chi connectivity index (χ0v) is 11.3. The van der Waals surface area contributed by atoms with E-state index in [-0.39, 0.29) is 22.2 Å². The second-order valence-corrected chi connectivity index (χ2v) is 4.43. The molecule has 0 saturated heterocycles. The van der Waals surface area contributed by atoms with Gasteiger partial charge in [0, 0.05) is 6.07 Å². The molecule has 0 aliphatic heterocycles. The maximum absolute atomic E-state index is 11.5. The van der Waals surface area contributed by atoms with Crippen LogP contribution >= 0.6 is 11.6 Å². The summed E-state index contributed by atoms with van der Waals surface area (Å²) in [6.45, 7) is 1.41. The van der Waals surface area contributed by atoms with Crippen LogP contribution in [0, 0.1) is 10.1 Å². The first-order valence-corrected chi connectivity index (χ1v) is 6.08. The highest BCUT2D eigenvalue weighted by molar-refractivity contribution is 6.32. The number of nitrogens with zero attached hydrogens (tertiary/aromatic N) is 1. The van der Waals surface area contributed by atoms with E-state index in [4.69, 9.17) is 16.3 Å². The van der Waals surface area contributed by atoms with Crippen molar-refractivity contribution >= 4 is 23.1 Å². The number of hydrogen-bond acceptors (Lipinski definition) is 4. The van der Waals surface area contributed by atoms with Crippen molar-refractivity contribution in [2.24, 2.45) is 0 Å². The zero-order valence-electron chi connectivity index (χ0n) is 10.5. The molecule has 2 rings (SSSR count). The number of nitro benzene ring substituents is 1. The molecule has 0 aromatic heterocycles. The lowest BCUT2D eigenvalue weighted by molar-refractivity contribution is -0.384.